The number of carbonyl (C=O) groups excluding carboxylic acids is 2. The lowest BCUT2D eigenvalue weighted by atomic mass is 9.88. The first-order valence-electron chi connectivity index (χ1n) is 8.35. The smallest absolute Gasteiger partial charge is 0.339 e. The molecule has 9 heteroatoms. The maximum absolute atomic E-state index is 12.3. The van der Waals surface area contributed by atoms with Gasteiger partial charge in [0.15, 0.2) is 6.61 Å². The number of amides is 1. The molecule has 1 amide bonds. The SMILES string of the molecule is C[C@@H]1CCc2c(C(=O)OCC(=O)Nc3cc(Cl)ccc3[N+](=O)[O-])csc2C1. The van der Waals surface area contributed by atoms with Gasteiger partial charge in [0.05, 0.1) is 10.5 Å². The fourth-order valence-electron chi connectivity index (χ4n) is 3.01. The van der Waals surface area contributed by atoms with Gasteiger partial charge in [-0.25, -0.2) is 4.79 Å². The van der Waals surface area contributed by atoms with Crippen LogP contribution in [0.15, 0.2) is 23.6 Å². The van der Waals surface area contributed by atoms with E-state index in [2.05, 4.69) is 12.2 Å². The minimum Gasteiger partial charge on any atom is -0.452 e. The van der Waals surface area contributed by atoms with Crippen molar-refractivity contribution in [3.05, 3.63) is 54.7 Å². The topological polar surface area (TPSA) is 98.5 Å². The largest absolute Gasteiger partial charge is 0.452 e. The van der Waals surface area contributed by atoms with Gasteiger partial charge in [-0.1, -0.05) is 18.5 Å². The lowest BCUT2D eigenvalue weighted by molar-refractivity contribution is -0.383. The van der Waals surface area contributed by atoms with Crippen LogP contribution >= 0.6 is 22.9 Å². The fraction of sp³-hybridized carbons (Fsp3) is 0.333. The lowest BCUT2D eigenvalue weighted by Crippen LogP contribution is -2.22. The van der Waals surface area contributed by atoms with Crippen LogP contribution in [0.2, 0.25) is 5.02 Å². The molecule has 27 heavy (non-hydrogen) atoms. The number of esters is 1. The fourth-order valence-corrected chi connectivity index (χ4v) is 4.42. The Morgan fingerprint density at radius 2 is 2.22 bits per heavy atom. The Morgan fingerprint density at radius 3 is 2.96 bits per heavy atom. The highest BCUT2D eigenvalue weighted by atomic mass is 35.5. The zero-order chi connectivity index (χ0) is 19.6. The molecule has 1 N–H and O–H groups in total. The number of ether oxygens (including phenoxy) is 1. The normalized spacial score (nSPS) is 15.7. The number of anilines is 1. The summed E-state index contributed by atoms with van der Waals surface area (Å²) in [5.41, 5.74) is 1.17. The standard InChI is InChI=1S/C18H17ClN2O5S/c1-10-2-4-12-13(9-27-16(12)6-10)18(23)26-8-17(22)20-14-7-11(19)3-5-15(14)21(24)25/h3,5,7,9-10H,2,4,6,8H2,1H3,(H,20,22)/t10-/m1/s1. The molecule has 1 aromatic carbocycles. The molecule has 1 aliphatic rings. The lowest BCUT2D eigenvalue weighted by Gasteiger charge is -2.18. The van der Waals surface area contributed by atoms with Gasteiger partial charge in [-0.15, -0.1) is 11.3 Å². The Morgan fingerprint density at radius 1 is 1.44 bits per heavy atom. The molecule has 142 valence electrons. The third-order valence-corrected chi connectivity index (χ3v) is 5.67. The third-order valence-electron chi connectivity index (χ3n) is 4.39. The van der Waals surface area contributed by atoms with E-state index in [1.54, 1.807) is 5.38 Å². The Labute approximate surface area is 164 Å². The number of nitro benzene ring substituents is 1. The average Bonchev–Trinajstić information content (AvgIpc) is 3.02. The van der Waals surface area contributed by atoms with E-state index in [-0.39, 0.29) is 16.4 Å². The molecule has 2 aromatic rings. The van der Waals surface area contributed by atoms with E-state index in [1.807, 2.05) is 0 Å². The molecule has 1 aromatic heterocycles. The van der Waals surface area contributed by atoms with Crippen molar-refractivity contribution < 1.29 is 19.2 Å². The summed E-state index contributed by atoms with van der Waals surface area (Å²) in [7, 11) is 0. The Balaban J connectivity index is 1.63. The summed E-state index contributed by atoms with van der Waals surface area (Å²) < 4.78 is 5.10. The molecule has 1 heterocycles. The van der Waals surface area contributed by atoms with Crippen molar-refractivity contribution >= 4 is 46.2 Å². The number of rotatable bonds is 5. The molecule has 0 saturated carbocycles. The molecule has 1 atom stereocenters. The maximum Gasteiger partial charge on any atom is 0.339 e. The predicted molar refractivity (Wildman–Crippen MR) is 103 cm³/mol. The molecular formula is C18H17ClN2O5S. The van der Waals surface area contributed by atoms with Crippen LogP contribution in [0.25, 0.3) is 0 Å². The molecule has 3 rings (SSSR count). The van der Waals surface area contributed by atoms with E-state index >= 15 is 0 Å². The van der Waals surface area contributed by atoms with E-state index < -0.39 is 23.4 Å². The number of fused-ring (bicyclic) bond motifs is 1. The number of nitrogens with one attached hydrogen (secondary N) is 1. The summed E-state index contributed by atoms with van der Waals surface area (Å²) in [4.78, 5) is 36.0. The first-order valence-corrected chi connectivity index (χ1v) is 9.61. The van der Waals surface area contributed by atoms with Crippen molar-refractivity contribution in [2.75, 3.05) is 11.9 Å². The van der Waals surface area contributed by atoms with Gasteiger partial charge in [-0.3, -0.25) is 14.9 Å². The van der Waals surface area contributed by atoms with Gasteiger partial charge in [0, 0.05) is 21.3 Å². The van der Waals surface area contributed by atoms with Crippen molar-refractivity contribution in [1.82, 2.24) is 0 Å². The monoisotopic (exact) mass is 408 g/mol. The van der Waals surface area contributed by atoms with Crippen LogP contribution < -0.4 is 5.32 Å². The molecule has 0 bridgehead atoms. The minimum atomic E-state index is -0.675. The first kappa shape index (κ1) is 19.3. The number of carbonyl (C=O) groups is 2. The number of halogens is 1. The van der Waals surface area contributed by atoms with Crippen LogP contribution in [0.3, 0.4) is 0 Å². The van der Waals surface area contributed by atoms with Crippen molar-refractivity contribution in [3.63, 3.8) is 0 Å². The van der Waals surface area contributed by atoms with Gasteiger partial charge >= 0.3 is 5.97 Å². The quantitative estimate of drug-likeness (QED) is 0.453. The minimum absolute atomic E-state index is 0.0459. The zero-order valence-electron chi connectivity index (χ0n) is 14.5. The molecular weight excluding hydrogens is 392 g/mol. The van der Waals surface area contributed by atoms with Gasteiger partial charge < -0.3 is 10.1 Å². The number of nitrogens with zero attached hydrogens (tertiary/aromatic N) is 1. The maximum atomic E-state index is 12.3. The highest BCUT2D eigenvalue weighted by Gasteiger charge is 2.24. The zero-order valence-corrected chi connectivity index (χ0v) is 16.1. The van der Waals surface area contributed by atoms with Gasteiger partial charge in [-0.05, 0) is 42.9 Å². The summed E-state index contributed by atoms with van der Waals surface area (Å²) in [6, 6.07) is 3.83. The second-order valence-electron chi connectivity index (χ2n) is 6.44. The van der Waals surface area contributed by atoms with Crippen LogP contribution in [-0.2, 0) is 22.4 Å². The van der Waals surface area contributed by atoms with Crippen LogP contribution in [0.4, 0.5) is 11.4 Å². The van der Waals surface area contributed by atoms with Gasteiger partial charge in [-0.2, -0.15) is 0 Å². The number of benzene rings is 1. The number of hydrogen-bond acceptors (Lipinski definition) is 6. The van der Waals surface area contributed by atoms with Crippen molar-refractivity contribution in [3.8, 4) is 0 Å². The Bertz CT molecular complexity index is 911. The Kier molecular flexibility index (Phi) is 5.76. The van der Waals surface area contributed by atoms with Crippen LogP contribution in [0.5, 0.6) is 0 Å². The van der Waals surface area contributed by atoms with Gasteiger partial charge in [0.1, 0.15) is 5.69 Å². The molecule has 0 fully saturated rings. The number of thiophene rings is 1. The second kappa shape index (κ2) is 8.06. The molecule has 0 saturated heterocycles. The molecule has 1 aliphatic carbocycles. The van der Waals surface area contributed by atoms with Gasteiger partial charge in [0.2, 0.25) is 0 Å². The molecule has 0 radical (unpaired) electrons. The molecule has 0 aliphatic heterocycles. The Hall–Kier alpha value is -2.45. The summed E-state index contributed by atoms with van der Waals surface area (Å²) in [6.07, 6.45) is 2.79. The highest BCUT2D eigenvalue weighted by molar-refractivity contribution is 7.10. The average molecular weight is 409 g/mol. The summed E-state index contributed by atoms with van der Waals surface area (Å²) in [5.74, 6) is -0.636. The second-order valence-corrected chi connectivity index (χ2v) is 7.84. The van der Waals surface area contributed by atoms with Crippen molar-refractivity contribution in [2.24, 2.45) is 5.92 Å². The molecule has 7 nitrogen and oxygen atoms in total. The van der Waals surface area contributed by atoms with E-state index in [0.717, 1.165) is 24.8 Å². The van der Waals surface area contributed by atoms with Crippen LogP contribution in [-0.4, -0.2) is 23.4 Å². The van der Waals surface area contributed by atoms with Crippen LogP contribution in [0, 0.1) is 16.0 Å². The van der Waals surface area contributed by atoms with E-state index in [1.165, 1.54) is 34.4 Å². The number of hydrogen-bond donors (Lipinski definition) is 1. The highest BCUT2D eigenvalue weighted by Crippen LogP contribution is 2.33. The van der Waals surface area contributed by atoms with E-state index in [9.17, 15) is 19.7 Å². The number of nitro groups is 1. The predicted octanol–water partition coefficient (Wildman–Crippen LogP) is 4.23. The molecule has 0 spiro atoms. The van der Waals surface area contributed by atoms with Crippen LogP contribution in [0.1, 0.15) is 34.1 Å². The first-order chi connectivity index (χ1) is 12.8. The third kappa shape index (κ3) is 4.45. The van der Waals surface area contributed by atoms with Crippen molar-refractivity contribution in [2.45, 2.75) is 26.2 Å². The summed E-state index contributed by atoms with van der Waals surface area (Å²) in [5, 5.41) is 15.4. The molecule has 0 unspecified atom stereocenters. The summed E-state index contributed by atoms with van der Waals surface area (Å²) in [6.45, 7) is 1.64. The van der Waals surface area contributed by atoms with Crippen molar-refractivity contribution in [1.29, 1.82) is 0 Å². The van der Waals surface area contributed by atoms with E-state index in [4.69, 9.17) is 16.3 Å². The van der Waals surface area contributed by atoms with E-state index in [0.29, 0.717) is 11.5 Å². The summed E-state index contributed by atoms with van der Waals surface area (Å²) >= 11 is 7.36. The van der Waals surface area contributed by atoms with Gasteiger partial charge in [0.25, 0.3) is 11.6 Å².